The number of fused-ring (bicyclic) bond motifs is 1. The number of hydrogen-bond acceptors (Lipinski definition) is 4. The van der Waals surface area contributed by atoms with Crippen LogP contribution in [0, 0.1) is 0 Å². The maximum atomic E-state index is 5.94. The van der Waals surface area contributed by atoms with Gasteiger partial charge in [0.15, 0.2) is 0 Å². The van der Waals surface area contributed by atoms with Gasteiger partial charge in [-0.1, -0.05) is 29.8 Å². The standard InChI is InChI=1S/C22H22ClN3O/c1-27-20-10-11-24-22-21(20)17(14-26-22)12-16-5-9-19(25-13-16)8-4-15-2-6-18(23)7-3-15/h2-3,5-7,9-11,13,17H,4,8,12,14H2,1H3,(H,24,26). The smallest absolute Gasteiger partial charge is 0.133 e. The Hall–Kier alpha value is -2.59. The summed E-state index contributed by atoms with van der Waals surface area (Å²) in [5, 5.41) is 4.15. The van der Waals surface area contributed by atoms with E-state index in [2.05, 4.69) is 39.6 Å². The maximum absolute atomic E-state index is 5.94. The molecule has 4 rings (SSSR count). The average Bonchev–Trinajstić information content (AvgIpc) is 3.12. The van der Waals surface area contributed by atoms with Gasteiger partial charge < -0.3 is 10.1 Å². The van der Waals surface area contributed by atoms with Crippen LogP contribution in [0.4, 0.5) is 5.82 Å². The number of aryl methyl sites for hydroxylation is 2. The predicted octanol–water partition coefficient (Wildman–Crippen LogP) is 4.68. The largest absolute Gasteiger partial charge is 0.496 e. The minimum absolute atomic E-state index is 0.352. The number of methoxy groups -OCH3 is 1. The zero-order valence-electron chi connectivity index (χ0n) is 15.3. The van der Waals surface area contributed by atoms with Crippen molar-refractivity contribution in [2.24, 2.45) is 0 Å². The van der Waals surface area contributed by atoms with Gasteiger partial charge in [-0.3, -0.25) is 4.98 Å². The molecule has 2 aromatic heterocycles. The molecule has 27 heavy (non-hydrogen) atoms. The minimum Gasteiger partial charge on any atom is -0.496 e. The molecule has 0 aliphatic carbocycles. The van der Waals surface area contributed by atoms with E-state index in [4.69, 9.17) is 16.3 Å². The fourth-order valence-electron chi connectivity index (χ4n) is 3.60. The van der Waals surface area contributed by atoms with E-state index in [1.165, 1.54) is 16.7 Å². The average molecular weight is 380 g/mol. The molecular formula is C22H22ClN3O. The first kappa shape index (κ1) is 17.8. The number of nitrogens with one attached hydrogen (secondary N) is 1. The van der Waals surface area contributed by atoms with Crippen molar-refractivity contribution in [3.8, 4) is 5.75 Å². The van der Waals surface area contributed by atoms with E-state index in [0.717, 1.165) is 48.1 Å². The number of pyridine rings is 2. The van der Waals surface area contributed by atoms with Crippen molar-refractivity contribution in [1.29, 1.82) is 0 Å². The summed E-state index contributed by atoms with van der Waals surface area (Å²) in [6.45, 7) is 0.876. The molecule has 1 unspecified atom stereocenters. The van der Waals surface area contributed by atoms with Gasteiger partial charge in [0.05, 0.1) is 7.11 Å². The topological polar surface area (TPSA) is 47.0 Å². The van der Waals surface area contributed by atoms with Crippen LogP contribution < -0.4 is 10.1 Å². The quantitative estimate of drug-likeness (QED) is 0.675. The van der Waals surface area contributed by atoms with Gasteiger partial charge in [0.2, 0.25) is 0 Å². The van der Waals surface area contributed by atoms with Crippen LogP contribution in [0.5, 0.6) is 5.75 Å². The first-order valence-corrected chi connectivity index (χ1v) is 9.56. The van der Waals surface area contributed by atoms with Crippen LogP contribution in [0.15, 0.2) is 54.9 Å². The van der Waals surface area contributed by atoms with Crippen LogP contribution in [0.2, 0.25) is 5.02 Å². The Morgan fingerprint density at radius 3 is 2.59 bits per heavy atom. The van der Waals surface area contributed by atoms with Gasteiger partial charge in [-0.25, -0.2) is 4.98 Å². The molecule has 1 aliphatic heterocycles. The first-order valence-electron chi connectivity index (χ1n) is 9.18. The Morgan fingerprint density at radius 1 is 1.04 bits per heavy atom. The number of anilines is 1. The second-order valence-electron chi connectivity index (χ2n) is 6.84. The Labute approximate surface area is 164 Å². The highest BCUT2D eigenvalue weighted by atomic mass is 35.5. The van der Waals surface area contributed by atoms with E-state index in [1.54, 1.807) is 13.3 Å². The molecule has 3 heterocycles. The summed E-state index contributed by atoms with van der Waals surface area (Å²) >= 11 is 5.94. The van der Waals surface area contributed by atoms with Crippen molar-refractivity contribution in [2.45, 2.75) is 25.2 Å². The predicted molar refractivity (Wildman–Crippen MR) is 109 cm³/mol. The molecule has 4 nitrogen and oxygen atoms in total. The number of ether oxygens (including phenoxy) is 1. The SMILES string of the molecule is COc1ccnc2c1C(Cc1ccc(CCc3ccc(Cl)cc3)nc1)CN2. The highest BCUT2D eigenvalue weighted by Crippen LogP contribution is 2.38. The second kappa shape index (κ2) is 7.97. The molecule has 1 atom stereocenters. The van der Waals surface area contributed by atoms with E-state index < -0.39 is 0 Å². The molecule has 1 aromatic carbocycles. The number of hydrogen-bond donors (Lipinski definition) is 1. The molecule has 0 amide bonds. The van der Waals surface area contributed by atoms with Crippen molar-refractivity contribution in [3.63, 3.8) is 0 Å². The van der Waals surface area contributed by atoms with E-state index >= 15 is 0 Å². The zero-order chi connectivity index (χ0) is 18.6. The van der Waals surface area contributed by atoms with Gasteiger partial charge in [0.1, 0.15) is 11.6 Å². The van der Waals surface area contributed by atoms with Gasteiger partial charge in [-0.05, 0) is 54.7 Å². The molecule has 1 N–H and O–H groups in total. The third-order valence-corrected chi connectivity index (χ3v) is 5.30. The lowest BCUT2D eigenvalue weighted by Crippen LogP contribution is -2.07. The number of nitrogens with zero attached hydrogens (tertiary/aromatic N) is 2. The molecule has 5 heteroatoms. The van der Waals surface area contributed by atoms with Crippen LogP contribution in [0.25, 0.3) is 0 Å². The number of benzene rings is 1. The summed E-state index contributed by atoms with van der Waals surface area (Å²) in [7, 11) is 1.71. The van der Waals surface area contributed by atoms with E-state index in [0.29, 0.717) is 5.92 Å². The molecule has 0 saturated heterocycles. The molecule has 138 valence electrons. The highest BCUT2D eigenvalue weighted by Gasteiger charge is 2.27. The van der Waals surface area contributed by atoms with Crippen molar-refractivity contribution in [1.82, 2.24) is 9.97 Å². The van der Waals surface area contributed by atoms with Crippen molar-refractivity contribution < 1.29 is 4.74 Å². The fourth-order valence-corrected chi connectivity index (χ4v) is 3.72. The van der Waals surface area contributed by atoms with Crippen LogP contribution >= 0.6 is 11.6 Å². The zero-order valence-corrected chi connectivity index (χ0v) is 16.0. The summed E-state index contributed by atoms with van der Waals surface area (Å²) < 4.78 is 5.52. The van der Waals surface area contributed by atoms with Crippen molar-refractivity contribution in [2.75, 3.05) is 19.0 Å². The molecule has 0 bridgehead atoms. The lowest BCUT2D eigenvalue weighted by atomic mass is 9.94. The monoisotopic (exact) mass is 379 g/mol. The Balaban J connectivity index is 1.40. The minimum atomic E-state index is 0.352. The van der Waals surface area contributed by atoms with Crippen LogP contribution in [0.1, 0.15) is 28.3 Å². The Kier molecular flexibility index (Phi) is 5.26. The lowest BCUT2D eigenvalue weighted by Gasteiger charge is -2.13. The maximum Gasteiger partial charge on any atom is 0.133 e. The summed E-state index contributed by atoms with van der Waals surface area (Å²) in [5.74, 6) is 2.19. The van der Waals surface area contributed by atoms with E-state index in [-0.39, 0.29) is 0 Å². The van der Waals surface area contributed by atoms with E-state index in [9.17, 15) is 0 Å². The molecule has 3 aromatic rings. The van der Waals surface area contributed by atoms with Crippen molar-refractivity contribution >= 4 is 17.4 Å². The normalized spacial score (nSPS) is 15.3. The summed E-state index contributed by atoms with van der Waals surface area (Å²) in [6.07, 6.45) is 6.59. The van der Waals surface area contributed by atoms with Gasteiger partial charge in [-0.15, -0.1) is 0 Å². The third-order valence-electron chi connectivity index (χ3n) is 5.05. The van der Waals surface area contributed by atoms with E-state index in [1.807, 2.05) is 24.4 Å². The lowest BCUT2D eigenvalue weighted by molar-refractivity contribution is 0.407. The molecule has 0 saturated carbocycles. The third kappa shape index (κ3) is 4.06. The van der Waals surface area contributed by atoms with Gasteiger partial charge in [0, 0.05) is 41.1 Å². The highest BCUT2D eigenvalue weighted by molar-refractivity contribution is 6.30. The van der Waals surface area contributed by atoms with Crippen molar-refractivity contribution in [3.05, 3.63) is 82.3 Å². The van der Waals surface area contributed by atoms with Crippen LogP contribution in [-0.2, 0) is 19.3 Å². The summed E-state index contributed by atoms with van der Waals surface area (Å²) in [4.78, 5) is 9.08. The van der Waals surface area contributed by atoms with Gasteiger partial charge in [0.25, 0.3) is 0 Å². The summed E-state index contributed by atoms with van der Waals surface area (Å²) in [6, 6.07) is 14.3. The van der Waals surface area contributed by atoms with Crippen LogP contribution in [0.3, 0.4) is 0 Å². The number of rotatable bonds is 6. The Bertz CT molecular complexity index is 910. The molecule has 0 radical (unpaired) electrons. The van der Waals surface area contributed by atoms with Crippen LogP contribution in [-0.4, -0.2) is 23.6 Å². The molecular weight excluding hydrogens is 358 g/mol. The number of halogens is 1. The molecule has 0 spiro atoms. The van der Waals surface area contributed by atoms with Gasteiger partial charge >= 0.3 is 0 Å². The number of aromatic nitrogens is 2. The summed E-state index contributed by atoms with van der Waals surface area (Å²) in [5.41, 5.74) is 4.79. The van der Waals surface area contributed by atoms with Gasteiger partial charge in [-0.2, -0.15) is 0 Å². The second-order valence-corrected chi connectivity index (χ2v) is 7.28. The fraction of sp³-hybridized carbons (Fsp3) is 0.273. The molecule has 0 fully saturated rings. The first-order chi connectivity index (χ1) is 13.2. The molecule has 1 aliphatic rings. The Morgan fingerprint density at radius 2 is 1.85 bits per heavy atom.